The van der Waals surface area contributed by atoms with Gasteiger partial charge in [-0.3, -0.25) is 4.79 Å². The molecule has 0 atom stereocenters. The minimum Gasteiger partial charge on any atom is -0.321 e. The Balaban J connectivity index is 2.06. The zero-order chi connectivity index (χ0) is 15.7. The normalized spacial score (nSPS) is 15.0. The average Bonchev–Trinajstić information content (AvgIpc) is 2.78. The van der Waals surface area contributed by atoms with Gasteiger partial charge in [0.2, 0.25) is 0 Å². The fourth-order valence-corrected chi connectivity index (χ4v) is 3.01. The maximum Gasteiger partial charge on any atom is 0.256 e. The third-order valence-corrected chi connectivity index (χ3v) is 4.31. The summed E-state index contributed by atoms with van der Waals surface area (Å²) in [6.45, 7) is 0. The number of alkyl halides is 1. The number of aryl methyl sites for hydroxylation is 1. The highest BCUT2D eigenvalue weighted by Gasteiger charge is 2.25. The molecule has 0 spiro atoms. The average molecular weight is 353 g/mol. The molecule has 0 unspecified atom stereocenters. The lowest BCUT2D eigenvalue weighted by molar-refractivity contribution is -0.110. The molecule has 0 radical (unpaired) electrons. The number of benzene rings is 2. The summed E-state index contributed by atoms with van der Waals surface area (Å²) in [7, 11) is 0. The Bertz CT molecular complexity index is 766. The molecule has 22 heavy (non-hydrogen) atoms. The van der Waals surface area contributed by atoms with E-state index in [-0.39, 0.29) is 5.91 Å². The van der Waals surface area contributed by atoms with E-state index in [0.29, 0.717) is 27.9 Å². The molecule has 1 aliphatic heterocycles. The smallest absolute Gasteiger partial charge is 0.256 e. The van der Waals surface area contributed by atoms with E-state index in [9.17, 15) is 4.79 Å². The van der Waals surface area contributed by atoms with Gasteiger partial charge in [0.05, 0.1) is 5.69 Å². The van der Waals surface area contributed by atoms with Gasteiger partial charge in [-0.2, -0.15) is 0 Å². The summed E-state index contributed by atoms with van der Waals surface area (Å²) in [5.41, 5.74) is 4.05. The quantitative estimate of drug-likeness (QED) is 0.592. The molecule has 5 heteroatoms. The van der Waals surface area contributed by atoms with Gasteiger partial charge < -0.3 is 5.32 Å². The number of carbonyl (C=O) groups is 1. The van der Waals surface area contributed by atoms with Crippen LogP contribution in [0.5, 0.6) is 0 Å². The number of carbonyl (C=O) groups excluding carboxylic acids is 1. The van der Waals surface area contributed by atoms with Crippen LogP contribution in [0.4, 0.5) is 5.69 Å². The van der Waals surface area contributed by atoms with Crippen LogP contribution >= 0.6 is 34.8 Å². The standard InChI is InChI=1S/C17H12Cl3NO/c18-6-5-11-8-13-14(7-10-1-3-12(19)4-2-10)17(22)21-16(13)9-15(11)20/h1-4,7-9H,5-6H2,(H,21,22)/b14-7+. The topological polar surface area (TPSA) is 29.1 Å². The summed E-state index contributed by atoms with van der Waals surface area (Å²) in [4.78, 5) is 12.2. The first kappa shape index (κ1) is 15.4. The molecular formula is C17H12Cl3NO. The van der Waals surface area contributed by atoms with Crippen molar-refractivity contribution in [2.45, 2.75) is 6.42 Å². The van der Waals surface area contributed by atoms with Crippen LogP contribution in [0.2, 0.25) is 10.0 Å². The second-order valence-electron chi connectivity index (χ2n) is 4.99. The Morgan fingerprint density at radius 3 is 2.50 bits per heavy atom. The number of hydrogen-bond donors (Lipinski definition) is 1. The SMILES string of the molecule is O=C1Nc2cc(Cl)c(CCCl)cc2/C1=C\c1ccc(Cl)cc1. The Labute approximate surface area is 143 Å². The molecular weight excluding hydrogens is 341 g/mol. The number of anilines is 1. The number of halogens is 3. The van der Waals surface area contributed by atoms with Crippen molar-refractivity contribution < 1.29 is 4.79 Å². The minimum atomic E-state index is -0.135. The summed E-state index contributed by atoms with van der Waals surface area (Å²) >= 11 is 17.9. The van der Waals surface area contributed by atoms with Gasteiger partial charge in [0.15, 0.2) is 0 Å². The van der Waals surface area contributed by atoms with Gasteiger partial charge in [-0.1, -0.05) is 35.3 Å². The molecule has 1 N–H and O–H groups in total. The highest BCUT2D eigenvalue weighted by molar-refractivity contribution is 6.37. The summed E-state index contributed by atoms with van der Waals surface area (Å²) in [6, 6.07) is 11.0. The van der Waals surface area contributed by atoms with Crippen LogP contribution in [0.1, 0.15) is 16.7 Å². The molecule has 2 aromatic rings. The van der Waals surface area contributed by atoms with E-state index in [4.69, 9.17) is 34.8 Å². The summed E-state index contributed by atoms with van der Waals surface area (Å²) in [6.07, 6.45) is 2.51. The number of rotatable bonds is 3. The Kier molecular flexibility index (Phi) is 4.44. The van der Waals surface area contributed by atoms with Crippen molar-refractivity contribution >= 4 is 58.0 Å². The van der Waals surface area contributed by atoms with Crippen molar-refractivity contribution in [2.75, 3.05) is 11.2 Å². The predicted molar refractivity (Wildman–Crippen MR) is 93.8 cm³/mol. The number of nitrogens with one attached hydrogen (secondary N) is 1. The van der Waals surface area contributed by atoms with Gasteiger partial charge in [-0.25, -0.2) is 0 Å². The van der Waals surface area contributed by atoms with E-state index in [1.165, 1.54) is 0 Å². The zero-order valence-corrected chi connectivity index (χ0v) is 13.8. The molecule has 0 fully saturated rings. The van der Waals surface area contributed by atoms with Crippen molar-refractivity contribution in [1.29, 1.82) is 0 Å². The van der Waals surface area contributed by atoms with Crippen molar-refractivity contribution in [3.8, 4) is 0 Å². The Hall–Kier alpha value is -1.48. The molecule has 2 aromatic carbocycles. The largest absolute Gasteiger partial charge is 0.321 e. The van der Waals surface area contributed by atoms with Crippen LogP contribution in [0, 0.1) is 0 Å². The van der Waals surface area contributed by atoms with Crippen LogP contribution in [0.15, 0.2) is 36.4 Å². The molecule has 1 amide bonds. The molecule has 1 aliphatic rings. The molecule has 0 bridgehead atoms. The fourth-order valence-electron chi connectivity index (χ4n) is 2.42. The van der Waals surface area contributed by atoms with E-state index in [1.807, 2.05) is 24.3 Å². The van der Waals surface area contributed by atoms with Crippen molar-refractivity contribution in [3.63, 3.8) is 0 Å². The van der Waals surface area contributed by atoms with E-state index in [0.717, 1.165) is 22.4 Å². The van der Waals surface area contributed by atoms with Gasteiger partial charge >= 0.3 is 0 Å². The van der Waals surface area contributed by atoms with Gasteiger partial charge in [-0.15, -0.1) is 11.6 Å². The summed E-state index contributed by atoms with van der Waals surface area (Å²) < 4.78 is 0. The lowest BCUT2D eigenvalue weighted by atomic mass is 10.0. The molecule has 0 aromatic heterocycles. The minimum absolute atomic E-state index is 0.135. The van der Waals surface area contributed by atoms with E-state index in [1.54, 1.807) is 18.2 Å². The number of amides is 1. The summed E-state index contributed by atoms with van der Waals surface area (Å²) in [5, 5.41) is 4.12. The lowest BCUT2D eigenvalue weighted by Crippen LogP contribution is -2.03. The lowest BCUT2D eigenvalue weighted by Gasteiger charge is -2.06. The molecule has 2 nitrogen and oxygen atoms in total. The van der Waals surface area contributed by atoms with E-state index < -0.39 is 0 Å². The third-order valence-electron chi connectivity index (χ3n) is 3.51. The molecule has 1 heterocycles. The van der Waals surface area contributed by atoms with E-state index >= 15 is 0 Å². The summed E-state index contributed by atoms with van der Waals surface area (Å²) in [5.74, 6) is 0.347. The van der Waals surface area contributed by atoms with Crippen molar-refractivity contribution in [3.05, 3.63) is 63.1 Å². The first-order valence-corrected chi connectivity index (χ1v) is 8.05. The maximum atomic E-state index is 12.2. The second kappa shape index (κ2) is 6.33. The van der Waals surface area contributed by atoms with Crippen molar-refractivity contribution in [2.24, 2.45) is 0 Å². The number of fused-ring (bicyclic) bond motifs is 1. The molecule has 112 valence electrons. The first-order chi connectivity index (χ1) is 10.6. The first-order valence-electron chi connectivity index (χ1n) is 6.76. The van der Waals surface area contributed by atoms with Crippen LogP contribution in [-0.4, -0.2) is 11.8 Å². The van der Waals surface area contributed by atoms with Crippen LogP contribution in [0.3, 0.4) is 0 Å². The highest BCUT2D eigenvalue weighted by Crippen LogP contribution is 2.37. The number of hydrogen-bond acceptors (Lipinski definition) is 1. The van der Waals surface area contributed by atoms with Crippen LogP contribution < -0.4 is 5.32 Å². The third kappa shape index (κ3) is 3.00. The highest BCUT2D eigenvalue weighted by atomic mass is 35.5. The molecule has 0 aliphatic carbocycles. The second-order valence-corrected chi connectivity index (χ2v) is 6.21. The monoisotopic (exact) mass is 351 g/mol. The molecule has 0 saturated carbocycles. The van der Waals surface area contributed by atoms with E-state index in [2.05, 4.69) is 5.32 Å². The van der Waals surface area contributed by atoms with Crippen molar-refractivity contribution in [1.82, 2.24) is 0 Å². The fraction of sp³-hybridized carbons (Fsp3) is 0.118. The van der Waals surface area contributed by atoms with Gasteiger partial charge in [0, 0.05) is 27.1 Å². The van der Waals surface area contributed by atoms with Gasteiger partial charge in [0.1, 0.15) is 0 Å². The maximum absolute atomic E-state index is 12.2. The van der Waals surface area contributed by atoms with Gasteiger partial charge in [-0.05, 0) is 47.9 Å². The van der Waals surface area contributed by atoms with Crippen LogP contribution in [0.25, 0.3) is 11.6 Å². The van der Waals surface area contributed by atoms with Crippen LogP contribution in [-0.2, 0) is 11.2 Å². The molecule has 0 saturated heterocycles. The molecule has 3 rings (SSSR count). The zero-order valence-electron chi connectivity index (χ0n) is 11.5. The Morgan fingerprint density at radius 2 is 1.82 bits per heavy atom. The predicted octanol–water partition coefficient (Wildman–Crippen LogP) is 5.27. The Morgan fingerprint density at radius 1 is 1.09 bits per heavy atom. The van der Waals surface area contributed by atoms with Gasteiger partial charge in [0.25, 0.3) is 5.91 Å².